The highest BCUT2D eigenvalue weighted by Crippen LogP contribution is 2.55. The summed E-state index contributed by atoms with van der Waals surface area (Å²) in [6.07, 6.45) is 5.04. The monoisotopic (exact) mass is 496 g/mol. The van der Waals surface area contributed by atoms with E-state index in [2.05, 4.69) is 143 Å². The van der Waals surface area contributed by atoms with Gasteiger partial charge in [0.05, 0.1) is 8.07 Å². The zero-order chi connectivity index (χ0) is 25.7. The Hall–Kier alpha value is -3.42. The zero-order valence-electron chi connectivity index (χ0n) is 22.6. The first-order valence-corrected chi connectivity index (χ1v) is 16.8. The molecule has 0 spiro atoms. The van der Waals surface area contributed by atoms with E-state index in [1.807, 2.05) is 0 Å². The van der Waals surface area contributed by atoms with Crippen molar-refractivity contribution in [3.8, 4) is 22.3 Å². The van der Waals surface area contributed by atoms with Gasteiger partial charge < -0.3 is 0 Å². The molecule has 37 heavy (non-hydrogen) atoms. The first kappa shape index (κ1) is 23.9. The smallest absolute Gasteiger partial charge is 0.0679 e. The minimum absolute atomic E-state index is 0.504. The van der Waals surface area contributed by atoms with Crippen molar-refractivity contribution in [1.82, 2.24) is 0 Å². The molecule has 1 heteroatoms. The summed E-state index contributed by atoms with van der Waals surface area (Å²) >= 11 is 0. The second-order valence-electron chi connectivity index (χ2n) is 11.7. The predicted octanol–water partition coefficient (Wildman–Crippen LogP) is 10.1. The second kappa shape index (κ2) is 9.15. The summed E-state index contributed by atoms with van der Waals surface area (Å²) in [6, 6.07) is 35.8. The van der Waals surface area contributed by atoms with Gasteiger partial charge in [0.2, 0.25) is 0 Å². The summed E-state index contributed by atoms with van der Waals surface area (Å²) in [5.74, 6) is 0.522. The third-order valence-corrected chi connectivity index (χ3v) is 13.1. The van der Waals surface area contributed by atoms with E-state index in [-0.39, 0.29) is 0 Å². The molecule has 4 aromatic carbocycles. The summed E-state index contributed by atoms with van der Waals surface area (Å²) in [7, 11) is -1.91. The van der Waals surface area contributed by atoms with Crippen LogP contribution < -0.4 is 0 Å². The molecule has 6 rings (SSSR count). The fraction of sp³-hybridized carbons (Fsp3) is 0.222. The molecule has 0 aromatic heterocycles. The molecule has 0 N–H and O–H groups in total. The highest BCUT2D eigenvalue weighted by Gasteiger charge is 2.48. The summed E-state index contributed by atoms with van der Waals surface area (Å²) in [5, 5.41) is 0. The Bertz CT molecular complexity index is 1520. The van der Waals surface area contributed by atoms with Gasteiger partial charge in [-0.3, -0.25) is 0 Å². The molecule has 0 saturated heterocycles. The van der Waals surface area contributed by atoms with Crippen LogP contribution in [0.4, 0.5) is 0 Å². The lowest BCUT2D eigenvalue weighted by Crippen LogP contribution is -2.43. The van der Waals surface area contributed by atoms with Gasteiger partial charge in [0.25, 0.3) is 0 Å². The largest absolute Gasteiger partial charge is 0.0722 e. The van der Waals surface area contributed by atoms with Crippen molar-refractivity contribution < 1.29 is 0 Å². The van der Waals surface area contributed by atoms with E-state index in [0.717, 1.165) is 0 Å². The van der Waals surface area contributed by atoms with Gasteiger partial charge in [-0.1, -0.05) is 147 Å². The fourth-order valence-corrected chi connectivity index (χ4v) is 12.2. The topological polar surface area (TPSA) is 0 Å². The van der Waals surface area contributed by atoms with Crippen molar-refractivity contribution in [2.75, 3.05) is 0 Å². The summed E-state index contributed by atoms with van der Waals surface area (Å²) < 4.78 is 0. The lowest BCUT2D eigenvalue weighted by Gasteiger charge is -2.40. The van der Waals surface area contributed by atoms with Crippen molar-refractivity contribution in [3.63, 3.8) is 0 Å². The average molecular weight is 497 g/mol. The first-order chi connectivity index (χ1) is 17.9. The summed E-state index contributed by atoms with van der Waals surface area (Å²) in [4.78, 5) is 0. The van der Waals surface area contributed by atoms with Crippen LogP contribution in [0, 0.1) is 5.92 Å². The Balaban J connectivity index is 1.49. The molecule has 0 radical (unpaired) electrons. The van der Waals surface area contributed by atoms with E-state index in [1.165, 1.54) is 44.5 Å². The SMILES string of the molecule is CC1=Cc2c(-c3ccccc3)cccc2C1[Si](C)(C)C1C(C(C)C)=Cc2c(-c3ccccc3)cccc21. The van der Waals surface area contributed by atoms with Crippen LogP contribution in [0.1, 0.15) is 54.1 Å². The van der Waals surface area contributed by atoms with Crippen LogP contribution in [-0.2, 0) is 0 Å². The molecule has 2 aliphatic carbocycles. The Morgan fingerprint density at radius 3 is 1.57 bits per heavy atom. The number of fused-ring (bicyclic) bond motifs is 2. The van der Waals surface area contributed by atoms with E-state index < -0.39 is 8.07 Å². The van der Waals surface area contributed by atoms with Crippen molar-refractivity contribution in [2.45, 2.75) is 44.9 Å². The van der Waals surface area contributed by atoms with Crippen molar-refractivity contribution in [3.05, 3.63) is 130 Å². The Morgan fingerprint density at radius 2 is 1.05 bits per heavy atom. The van der Waals surface area contributed by atoms with Crippen molar-refractivity contribution in [2.24, 2.45) is 5.92 Å². The molecule has 2 aliphatic rings. The van der Waals surface area contributed by atoms with E-state index >= 15 is 0 Å². The maximum absolute atomic E-state index is 2.64. The molecule has 184 valence electrons. The van der Waals surface area contributed by atoms with Crippen LogP contribution in [0.15, 0.2) is 108 Å². The predicted molar refractivity (Wildman–Crippen MR) is 163 cm³/mol. The van der Waals surface area contributed by atoms with Gasteiger partial charge in [-0.2, -0.15) is 0 Å². The van der Waals surface area contributed by atoms with Gasteiger partial charge in [-0.05, 0) is 57.3 Å². The molecule has 2 atom stereocenters. The van der Waals surface area contributed by atoms with Gasteiger partial charge in [-0.15, -0.1) is 0 Å². The van der Waals surface area contributed by atoms with Crippen LogP contribution in [0.5, 0.6) is 0 Å². The molecule has 0 heterocycles. The van der Waals surface area contributed by atoms with Crippen LogP contribution in [0.3, 0.4) is 0 Å². The Morgan fingerprint density at radius 1 is 0.568 bits per heavy atom. The van der Waals surface area contributed by atoms with Gasteiger partial charge in [0, 0.05) is 11.1 Å². The maximum Gasteiger partial charge on any atom is 0.0722 e. The van der Waals surface area contributed by atoms with Crippen LogP contribution in [0.2, 0.25) is 13.1 Å². The highest BCUT2D eigenvalue weighted by atomic mass is 28.3. The van der Waals surface area contributed by atoms with Crippen LogP contribution >= 0.6 is 0 Å². The van der Waals surface area contributed by atoms with Crippen molar-refractivity contribution >= 4 is 20.2 Å². The number of hydrogen-bond acceptors (Lipinski definition) is 0. The zero-order valence-corrected chi connectivity index (χ0v) is 23.6. The van der Waals surface area contributed by atoms with E-state index in [9.17, 15) is 0 Å². The van der Waals surface area contributed by atoms with E-state index in [4.69, 9.17) is 0 Å². The first-order valence-electron chi connectivity index (χ1n) is 13.6. The molecule has 0 nitrogen and oxygen atoms in total. The molecular formula is C36H36Si. The molecule has 0 aliphatic heterocycles. The fourth-order valence-electron chi connectivity index (χ4n) is 7.20. The number of allylic oxidation sites excluding steroid dienone is 2. The quantitative estimate of drug-likeness (QED) is 0.241. The highest BCUT2D eigenvalue weighted by molar-refractivity contribution is 6.81. The van der Waals surface area contributed by atoms with Crippen LogP contribution in [0.25, 0.3) is 34.4 Å². The summed E-state index contributed by atoms with van der Waals surface area (Å²) in [6.45, 7) is 12.4. The van der Waals surface area contributed by atoms with Crippen molar-refractivity contribution in [1.29, 1.82) is 0 Å². The molecule has 4 aromatic rings. The minimum atomic E-state index is -1.91. The average Bonchev–Trinajstić information content (AvgIpc) is 3.48. The van der Waals surface area contributed by atoms with E-state index in [0.29, 0.717) is 17.0 Å². The number of rotatable bonds is 5. The number of hydrogen-bond donors (Lipinski definition) is 0. The molecule has 0 amide bonds. The maximum atomic E-state index is 2.64. The molecular weight excluding hydrogens is 460 g/mol. The Labute approximate surface area is 223 Å². The van der Waals surface area contributed by atoms with Gasteiger partial charge in [-0.25, -0.2) is 0 Å². The Kier molecular flexibility index (Phi) is 5.92. The van der Waals surface area contributed by atoms with Gasteiger partial charge >= 0.3 is 0 Å². The standard InChI is InChI=1S/C36H36Si/c1-24(2)32-23-34-29(27-16-10-7-11-17-27)19-13-21-31(34)36(32)37(4,5)35-25(3)22-33-28(18-12-20-30(33)35)26-14-8-6-9-15-26/h6-24,35-36H,1-5H3. The second-order valence-corrected chi connectivity index (χ2v) is 16.5. The van der Waals surface area contributed by atoms with Crippen LogP contribution in [-0.4, -0.2) is 8.07 Å². The normalized spacial score (nSPS) is 18.4. The third-order valence-electron chi connectivity index (χ3n) is 8.70. The molecule has 2 unspecified atom stereocenters. The molecule has 0 saturated carbocycles. The number of benzene rings is 4. The summed E-state index contributed by atoms with van der Waals surface area (Å²) in [5.41, 5.74) is 15.5. The third kappa shape index (κ3) is 3.88. The lowest BCUT2D eigenvalue weighted by molar-refractivity contribution is 0.731. The van der Waals surface area contributed by atoms with Gasteiger partial charge in [0.1, 0.15) is 0 Å². The van der Waals surface area contributed by atoms with Gasteiger partial charge in [0.15, 0.2) is 0 Å². The van der Waals surface area contributed by atoms with E-state index in [1.54, 1.807) is 11.1 Å². The molecule has 0 bridgehead atoms. The minimum Gasteiger partial charge on any atom is -0.0679 e. The molecule has 0 fully saturated rings. The lowest BCUT2D eigenvalue weighted by atomic mass is 9.97.